The minimum atomic E-state index is 0.0951. The molecule has 2 aliphatic rings. The van der Waals surface area contributed by atoms with Gasteiger partial charge in [0.05, 0.1) is 6.04 Å². The molecule has 5 heteroatoms. The van der Waals surface area contributed by atoms with Crippen molar-refractivity contribution in [2.75, 3.05) is 49.6 Å². The maximum atomic E-state index is 4.50. The van der Waals surface area contributed by atoms with Crippen LogP contribution in [0.3, 0.4) is 0 Å². The van der Waals surface area contributed by atoms with Gasteiger partial charge < -0.3 is 24.6 Å². The van der Waals surface area contributed by atoms with E-state index >= 15 is 0 Å². The van der Waals surface area contributed by atoms with Crippen LogP contribution in [0.25, 0.3) is 23.9 Å². The fourth-order valence-electron chi connectivity index (χ4n) is 6.34. The SMILES string of the molecule is C=CCCC(C(=C)NC)n1c(=C)c2ccc(N3CCC(CN4CCN(c5ccccc5)C4=C)CC3)cc2c1=C. The van der Waals surface area contributed by atoms with Crippen molar-refractivity contribution in [2.45, 2.75) is 31.7 Å². The molecule has 0 radical (unpaired) electrons. The number of hydrogen-bond donors (Lipinski definition) is 1. The van der Waals surface area contributed by atoms with Crippen molar-refractivity contribution in [3.8, 4) is 0 Å². The molecule has 2 aromatic carbocycles. The van der Waals surface area contributed by atoms with Crippen molar-refractivity contribution >= 4 is 35.3 Å². The van der Waals surface area contributed by atoms with Crippen molar-refractivity contribution < 1.29 is 0 Å². The summed E-state index contributed by atoms with van der Waals surface area (Å²) in [6.45, 7) is 26.9. The third-order valence-electron chi connectivity index (χ3n) is 8.68. The Bertz CT molecular complexity index is 1440. The van der Waals surface area contributed by atoms with Crippen LogP contribution in [-0.2, 0) is 0 Å². The van der Waals surface area contributed by atoms with Crippen LogP contribution in [0.1, 0.15) is 31.7 Å². The Hall–Kier alpha value is -3.86. The Labute approximate surface area is 233 Å². The van der Waals surface area contributed by atoms with Gasteiger partial charge >= 0.3 is 0 Å². The number of benzene rings is 2. The molecule has 1 N–H and O–H groups in total. The first kappa shape index (κ1) is 26.7. The van der Waals surface area contributed by atoms with Crippen LogP contribution in [0.5, 0.6) is 0 Å². The predicted octanol–water partition coefficient (Wildman–Crippen LogP) is 5.21. The van der Waals surface area contributed by atoms with Crippen LogP contribution >= 0.6 is 0 Å². The lowest BCUT2D eigenvalue weighted by Crippen LogP contribution is -2.38. The number of hydrogen-bond acceptors (Lipinski definition) is 4. The van der Waals surface area contributed by atoms with E-state index in [1.807, 2.05) is 13.1 Å². The van der Waals surface area contributed by atoms with Crippen LogP contribution in [0, 0.1) is 5.92 Å². The molecule has 0 saturated carbocycles. The van der Waals surface area contributed by atoms with E-state index in [4.69, 9.17) is 0 Å². The van der Waals surface area contributed by atoms with E-state index in [0.29, 0.717) is 5.92 Å². The molecule has 5 nitrogen and oxygen atoms in total. The summed E-state index contributed by atoms with van der Waals surface area (Å²) < 4.78 is 2.25. The standard InChI is InChI=1S/C34H43N5/c1-7-8-14-34(25(2)35-6)39-26(3)32-16-15-31(23-33(32)27(39)4)36-19-17-29(18-20-36)24-37-21-22-38(28(37)5)30-12-10-9-11-13-30/h7,9-13,15-16,23,29,34-35H,1-5,8,14,17-22,24H2,6H3. The number of piperidine rings is 1. The molecule has 1 unspecified atom stereocenters. The third-order valence-corrected chi connectivity index (χ3v) is 8.68. The molecule has 1 atom stereocenters. The number of para-hydroxylation sites is 1. The molecule has 1 aromatic heterocycles. The van der Waals surface area contributed by atoms with Gasteiger partial charge in [-0.3, -0.25) is 0 Å². The number of nitrogens with zero attached hydrogens (tertiary/aromatic N) is 4. The fraction of sp³-hybridized carbons (Fsp3) is 0.353. The van der Waals surface area contributed by atoms with E-state index in [1.54, 1.807) is 0 Å². The molecule has 0 aliphatic carbocycles. The number of allylic oxidation sites excluding steroid dienone is 2. The highest BCUT2D eigenvalue weighted by molar-refractivity contribution is 5.87. The van der Waals surface area contributed by atoms with Gasteiger partial charge in [-0.25, -0.2) is 0 Å². The summed E-state index contributed by atoms with van der Waals surface area (Å²) in [6.07, 6.45) is 6.18. The van der Waals surface area contributed by atoms with E-state index in [9.17, 15) is 0 Å². The lowest BCUT2D eigenvalue weighted by molar-refractivity contribution is 0.282. The molecule has 3 heterocycles. The van der Waals surface area contributed by atoms with Gasteiger partial charge in [0.1, 0.15) is 5.82 Å². The van der Waals surface area contributed by atoms with Crippen LogP contribution in [0.4, 0.5) is 11.4 Å². The van der Waals surface area contributed by atoms with E-state index in [2.05, 4.69) is 106 Å². The molecule has 5 rings (SSSR count). The molecule has 39 heavy (non-hydrogen) atoms. The Morgan fingerprint density at radius 1 is 0.949 bits per heavy atom. The Balaban J connectivity index is 1.26. The summed E-state index contributed by atoms with van der Waals surface area (Å²) in [6, 6.07) is 17.5. The largest absolute Gasteiger partial charge is 0.390 e. The Morgan fingerprint density at radius 2 is 1.67 bits per heavy atom. The quantitative estimate of drug-likeness (QED) is 0.371. The second kappa shape index (κ2) is 11.5. The van der Waals surface area contributed by atoms with Crippen molar-refractivity contribution in [3.05, 3.63) is 96.6 Å². The average molecular weight is 522 g/mol. The van der Waals surface area contributed by atoms with E-state index in [-0.39, 0.29) is 6.04 Å². The van der Waals surface area contributed by atoms with Gasteiger partial charge in [-0.15, -0.1) is 6.58 Å². The zero-order valence-electron chi connectivity index (χ0n) is 23.5. The van der Waals surface area contributed by atoms with Crippen molar-refractivity contribution in [1.82, 2.24) is 14.8 Å². The Morgan fingerprint density at radius 3 is 2.36 bits per heavy atom. The smallest absolute Gasteiger partial charge is 0.101 e. The summed E-state index contributed by atoms with van der Waals surface area (Å²) in [7, 11) is 1.93. The highest BCUT2D eigenvalue weighted by Crippen LogP contribution is 2.30. The van der Waals surface area contributed by atoms with Gasteiger partial charge in [0.15, 0.2) is 0 Å². The molecule has 2 fully saturated rings. The molecular formula is C34H43N5. The molecule has 3 aromatic rings. The van der Waals surface area contributed by atoms with Crippen LogP contribution in [-0.4, -0.2) is 49.2 Å². The first-order valence-corrected chi connectivity index (χ1v) is 14.2. The first-order valence-electron chi connectivity index (χ1n) is 14.2. The normalized spacial score (nSPS) is 17.2. The van der Waals surface area contributed by atoms with E-state index in [1.165, 1.54) is 35.0 Å². The van der Waals surface area contributed by atoms with E-state index < -0.39 is 0 Å². The molecule has 0 bridgehead atoms. The van der Waals surface area contributed by atoms with Crippen LogP contribution < -0.4 is 25.8 Å². The summed E-state index contributed by atoms with van der Waals surface area (Å²) in [5.41, 5.74) is 3.49. The van der Waals surface area contributed by atoms with Crippen molar-refractivity contribution in [1.29, 1.82) is 0 Å². The van der Waals surface area contributed by atoms with Crippen molar-refractivity contribution in [2.24, 2.45) is 5.92 Å². The monoisotopic (exact) mass is 521 g/mol. The minimum Gasteiger partial charge on any atom is -0.390 e. The van der Waals surface area contributed by atoms with Gasteiger partial charge in [-0.1, -0.05) is 56.7 Å². The van der Waals surface area contributed by atoms with Crippen molar-refractivity contribution in [3.63, 3.8) is 0 Å². The highest BCUT2D eigenvalue weighted by Gasteiger charge is 2.28. The summed E-state index contributed by atoms with van der Waals surface area (Å²) in [5, 5.41) is 7.61. The second-order valence-corrected chi connectivity index (χ2v) is 10.9. The van der Waals surface area contributed by atoms with Gasteiger partial charge in [-0.2, -0.15) is 0 Å². The molecule has 204 valence electrons. The minimum absolute atomic E-state index is 0.0951. The lowest BCUT2D eigenvalue weighted by atomic mass is 9.95. The molecule has 2 aliphatic heterocycles. The van der Waals surface area contributed by atoms with Gasteiger partial charge in [-0.05, 0) is 55.9 Å². The number of fused-ring (bicyclic) bond motifs is 1. The average Bonchev–Trinajstić information content (AvgIpc) is 3.45. The zero-order chi connectivity index (χ0) is 27.5. The van der Waals surface area contributed by atoms with Gasteiger partial charge in [0.25, 0.3) is 0 Å². The van der Waals surface area contributed by atoms with Crippen LogP contribution in [0.2, 0.25) is 0 Å². The number of nitrogens with one attached hydrogen (secondary N) is 1. The Kier molecular flexibility index (Phi) is 7.87. The maximum absolute atomic E-state index is 4.50. The van der Waals surface area contributed by atoms with E-state index in [0.717, 1.165) is 67.8 Å². The second-order valence-electron chi connectivity index (χ2n) is 10.9. The van der Waals surface area contributed by atoms with Gasteiger partial charge in [0.2, 0.25) is 0 Å². The van der Waals surface area contributed by atoms with Crippen LogP contribution in [0.15, 0.2) is 85.9 Å². The maximum Gasteiger partial charge on any atom is 0.101 e. The summed E-state index contributed by atoms with van der Waals surface area (Å²) in [4.78, 5) is 7.36. The van der Waals surface area contributed by atoms with Gasteiger partial charge in [0, 0.05) is 78.3 Å². The number of rotatable bonds is 10. The highest BCUT2D eigenvalue weighted by atomic mass is 15.4. The molecule has 0 amide bonds. The number of anilines is 2. The summed E-state index contributed by atoms with van der Waals surface area (Å²) in [5.74, 6) is 1.82. The topological polar surface area (TPSA) is 26.7 Å². The number of aromatic nitrogens is 1. The zero-order valence-corrected chi connectivity index (χ0v) is 23.5. The lowest BCUT2D eigenvalue weighted by Gasteiger charge is -2.36. The number of likely N-dealkylation sites (N-methyl/N-ethyl adjacent to an activating group) is 1. The molecule has 2 saturated heterocycles. The first-order chi connectivity index (χ1) is 18.9. The fourth-order valence-corrected chi connectivity index (χ4v) is 6.34. The predicted molar refractivity (Wildman–Crippen MR) is 168 cm³/mol. The molecule has 0 spiro atoms. The third kappa shape index (κ3) is 5.23. The molecular weight excluding hydrogens is 478 g/mol. The summed E-state index contributed by atoms with van der Waals surface area (Å²) >= 11 is 0.